The third-order valence-electron chi connectivity index (χ3n) is 16.4. The fourth-order valence-corrected chi connectivity index (χ4v) is 11.6. The highest BCUT2D eigenvalue weighted by atomic mass is 16.7. The molecule has 21 nitrogen and oxygen atoms in total. The minimum absolute atomic E-state index is 0.00743. The first-order valence-corrected chi connectivity index (χ1v) is 27.9. The van der Waals surface area contributed by atoms with Crippen LogP contribution in [0.5, 0.6) is 0 Å². The van der Waals surface area contributed by atoms with Gasteiger partial charge in [0, 0.05) is 77.4 Å². The molecule has 0 unspecified atom stereocenters. The van der Waals surface area contributed by atoms with Crippen LogP contribution in [-0.2, 0) is 61.6 Å². The Balaban J connectivity index is 1.37. The molecule has 5 heterocycles. The van der Waals surface area contributed by atoms with Crippen LogP contribution in [0.3, 0.4) is 0 Å². The van der Waals surface area contributed by atoms with Crippen LogP contribution in [0.1, 0.15) is 115 Å². The van der Waals surface area contributed by atoms with E-state index in [0.717, 1.165) is 11.1 Å². The monoisotopic (exact) mass is 1130 g/mol. The topological polar surface area (TPSA) is 290 Å². The predicted molar refractivity (Wildman–Crippen MR) is 288 cm³/mol. The number of carbonyl (C=O) groups excluding carboxylic acids is 1. The van der Waals surface area contributed by atoms with E-state index in [1.165, 1.54) is 35.4 Å². The highest BCUT2D eigenvalue weighted by Crippen LogP contribution is 2.43. The average Bonchev–Trinajstić information content (AvgIpc) is 3.46. The molecule has 0 aliphatic carbocycles. The molecular formula is C58H96O21. The van der Waals surface area contributed by atoms with Crippen molar-refractivity contribution in [3.63, 3.8) is 0 Å². The Kier molecular flexibility index (Phi) is 25.3. The number of rotatable bonds is 15. The lowest BCUT2D eigenvalue weighted by Crippen LogP contribution is -2.66. The maximum absolute atomic E-state index is 14.1. The quantitative estimate of drug-likeness (QED) is 0.109. The number of ether oxygens (including phenoxy) is 12. The Hall–Kier alpha value is -2.59. The van der Waals surface area contributed by atoms with E-state index in [0.29, 0.717) is 12.0 Å². The van der Waals surface area contributed by atoms with Crippen molar-refractivity contribution >= 4 is 5.97 Å². The summed E-state index contributed by atoms with van der Waals surface area (Å²) in [5, 5.41) is 92.6. The van der Waals surface area contributed by atoms with Crippen molar-refractivity contribution in [2.24, 2.45) is 17.8 Å². The standard InChI is InChI=1S/C58H96O21/c1-29-17-16-18-40(59)43(69-13)25-45(76-55(65)33(5)23-31(3)21-30(2)22-32(4)41(20-19-29)77-56-51(63)50(62)52(71-15)37(9)74-56)53(64)58(67)35(7)48(60)34(6)42(79-58)24-39(28-68-12)75-47-27-57(11,66)54(38(10)73-47)78-46-26-44(70-14)49(61)36(8)72-46/h17,19-23,32,34-54,56,59-64,66-67H,16,18,24-28H2,1-15H3/b20-19+,29-17+,30-22+,31-21+,33-23+/t32-,34+,35-,36-,37+,38+,39-,40+,41-,42-,43+,44-,45+,46+,47+,48+,49-,50+,51+,52+,53-,54+,56+,57+,58-/m0/s1. The Morgan fingerprint density at radius 1 is 0.747 bits per heavy atom. The third kappa shape index (κ3) is 17.3. The largest absolute Gasteiger partial charge is 0.456 e. The molecule has 0 saturated carbocycles. The van der Waals surface area contributed by atoms with E-state index in [1.54, 1.807) is 54.5 Å². The lowest BCUT2D eigenvalue weighted by Gasteiger charge is -2.51. The number of aliphatic hydroxyl groups excluding tert-OH is 6. The fraction of sp³-hybridized carbons (Fsp3) is 0.810. The Labute approximate surface area is 467 Å². The van der Waals surface area contributed by atoms with Crippen LogP contribution in [0.25, 0.3) is 0 Å². The number of allylic oxidation sites excluding steroid dienone is 7. The molecule has 5 aliphatic heterocycles. The van der Waals surface area contributed by atoms with Gasteiger partial charge in [0.2, 0.25) is 5.79 Å². The zero-order chi connectivity index (χ0) is 58.8. The molecule has 4 fully saturated rings. The van der Waals surface area contributed by atoms with Gasteiger partial charge in [-0.1, -0.05) is 67.9 Å². The lowest BCUT2D eigenvalue weighted by atomic mass is 9.76. The third-order valence-corrected chi connectivity index (χ3v) is 16.4. The summed E-state index contributed by atoms with van der Waals surface area (Å²) in [7, 11) is 5.80. The first-order chi connectivity index (χ1) is 37.1. The van der Waals surface area contributed by atoms with Gasteiger partial charge in [-0.25, -0.2) is 4.79 Å². The van der Waals surface area contributed by atoms with E-state index in [2.05, 4.69) is 0 Å². The van der Waals surface area contributed by atoms with Crippen molar-refractivity contribution in [3.05, 3.63) is 58.7 Å². The van der Waals surface area contributed by atoms with Crippen molar-refractivity contribution in [2.75, 3.05) is 35.0 Å². The van der Waals surface area contributed by atoms with Crippen LogP contribution in [0.4, 0.5) is 0 Å². The van der Waals surface area contributed by atoms with E-state index in [1.807, 2.05) is 51.2 Å². The van der Waals surface area contributed by atoms with Gasteiger partial charge in [0.15, 0.2) is 18.9 Å². The second-order valence-corrected chi connectivity index (χ2v) is 23.0. The van der Waals surface area contributed by atoms with Gasteiger partial charge in [-0.2, -0.15) is 0 Å². The SMILES string of the molecule is COC[C@H](C[C@@H]1O[C@](O)([C@@H](O)[C@H]2C[C@@H](OC)[C@H](O)CC/C=C(C)/C=C/[C@H](O[C@H]3O[C@H](C)[C@@H](OC)[C@H](O)[C@H]3O)[C@@H](C)/C=C(C)/C=C(C)/C=C(\C)C(=O)O2)[C@@H](C)[C@H](O)[C@@H]1C)O[C@@H]1C[C@@](C)(O)[C@H](O[C@@H]2C[C@H](OC)[C@@H](O)[C@H](C)O2)[C@@H](C)O1. The van der Waals surface area contributed by atoms with Crippen LogP contribution in [0.15, 0.2) is 58.7 Å². The normalized spacial score (nSPS) is 46.7. The molecule has 0 amide bonds. The van der Waals surface area contributed by atoms with Crippen LogP contribution >= 0.6 is 0 Å². The summed E-state index contributed by atoms with van der Waals surface area (Å²) in [6, 6.07) is 0. The molecular weight excluding hydrogens is 1030 g/mol. The minimum atomic E-state index is -2.54. The average molecular weight is 1130 g/mol. The molecule has 0 aromatic carbocycles. The number of aliphatic hydroxyl groups is 8. The summed E-state index contributed by atoms with van der Waals surface area (Å²) in [5.41, 5.74) is 0.977. The second kappa shape index (κ2) is 29.8. The number of esters is 1. The van der Waals surface area contributed by atoms with E-state index in [4.69, 9.17) is 56.8 Å². The summed E-state index contributed by atoms with van der Waals surface area (Å²) < 4.78 is 72.0. The summed E-state index contributed by atoms with van der Waals surface area (Å²) >= 11 is 0. The second-order valence-electron chi connectivity index (χ2n) is 23.0. The molecule has 0 aromatic heterocycles. The van der Waals surface area contributed by atoms with Crippen LogP contribution in [0, 0.1) is 17.8 Å². The van der Waals surface area contributed by atoms with Gasteiger partial charge in [0.1, 0.15) is 42.7 Å². The summed E-state index contributed by atoms with van der Waals surface area (Å²) in [6.45, 7) is 19.1. The molecule has 454 valence electrons. The van der Waals surface area contributed by atoms with E-state index >= 15 is 0 Å². The Morgan fingerprint density at radius 2 is 1.42 bits per heavy atom. The van der Waals surface area contributed by atoms with Crippen LogP contribution in [0.2, 0.25) is 0 Å². The van der Waals surface area contributed by atoms with Crippen LogP contribution in [-0.4, -0.2) is 216 Å². The smallest absolute Gasteiger partial charge is 0.334 e. The number of carbonyl (C=O) groups is 1. The van der Waals surface area contributed by atoms with Gasteiger partial charge in [-0.3, -0.25) is 0 Å². The predicted octanol–water partition coefficient (Wildman–Crippen LogP) is 3.59. The molecule has 8 N–H and O–H groups in total. The van der Waals surface area contributed by atoms with Crippen molar-refractivity contribution in [3.8, 4) is 0 Å². The Morgan fingerprint density at radius 3 is 2.05 bits per heavy atom. The van der Waals surface area contributed by atoms with Gasteiger partial charge in [0.25, 0.3) is 0 Å². The summed E-state index contributed by atoms with van der Waals surface area (Å²) in [6.07, 6.45) is -8.27. The zero-order valence-electron chi connectivity index (χ0n) is 49.1. The number of methoxy groups -OCH3 is 4. The molecule has 0 spiro atoms. The van der Waals surface area contributed by atoms with Gasteiger partial charge >= 0.3 is 5.97 Å². The highest BCUT2D eigenvalue weighted by molar-refractivity contribution is 5.88. The molecule has 25 atom stereocenters. The summed E-state index contributed by atoms with van der Waals surface area (Å²) in [5.74, 6) is -5.45. The lowest BCUT2D eigenvalue weighted by molar-refractivity contribution is -0.366. The molecule has 0 radical (unpaired) electrons. The molecule has 5 rings (SSSR count). The number of hydrogen-bond acceptors (Lipinski definition) is 21. The fourth-order valence-electron chi connectivity index (χ4n) is 11.6. The van der Waals surface area contributed by atoms with Crippen molar-refractivity contribution in [1.82, 2.24) is 0 Å². The van der Waals surface area contributed by atoms with Crippen molar-refractivity contribution in [1.29, 1.82) is 0 Å². The van der Waals surface area contributed by atoms with E-state index in [9.17, 15) is 45.6 Å². The molecule has 5 aliphatic rings. The van der Waals surface area contributed by atoms with E-state index < -0.39 is 152 Å². The first kappa shape index (κ1) is 67.2. The number of hydrogen-bond donors (Lipinski definition) is 8. The minimum Gasteiger partial charge on any atom is -0.456 e. The van der Waals surface area contributed by atoms with Crippen LogP contribution < -0.4 is 0 Å². The van der Waals surface area contributed by atoms with E-state index in [-0.39, 0.29) is 50.2 Å². The Bertz CT molecular complexity index is 2080. The first-order valence-electron chi connectivity index (χ1n) is 27.9. The number of cyclic esters (lactones) is 1. The molecule has 0 aromatic rings. The van der Waals surface area contributed by atoms with Gasteiger partial charge in [0.05, 0.1) is 73.2 Å². The molecule has 0 bridgehead atoms. The zero-order valence-corrected chi connectivity index (χ0v) is 49.1. The van der Waals surface area contributed by atoms with Crippen molar-refractivity contribution in [2.45, 2.75) is 249 Å². The maximum Gasteiger partial charge on any atom is 0.334 e. The van der Waals surface area contributed by atoms with Gasteiger partial charge < -0.3 is 97.7 Å². The maximum atomic E-state index is 14.1. The van der Waals surface area contributed by atoms with Crippen molar-refractivity contribution < 1.29 is 102 Å². The van der Waals surface area contributed by atoms with Gasteiger partial charge in [-0.15, -0.1) is 0 Å². The molecule has 21 heteroatoms. The highest BCUT2D eigenvalue weighted by Gasteiger charge is 2.57. The molecule has 79 heavy (non-hydrogen) atoms. The molecule has 4 saturated heterocycles. The van der Waals surface area contributed by atoms with Gasteiger partial charge in [-0.05, 0) is 74.3 Å². The summed E-state index contributed by atoms with van der Waals surface area (Å²) in [4.78, 5) is 14.1.